The van der Waals surface area contributed by atoms with Gasteiger partial charge in [-0.1, -0.05) is 6.07 Å². The first-order valence-electron chi connectivity index (χ1n) is 3.30. The SMILES string of the molecule is CN=Nc1cc(F)ccc1C. The molecule has 0 amide bonds. The molecule has 1 aromatic carbocycles. The highest BCUT2D eigenvalue weighted by molar-refractivity contribution is 5.44. The summed E-state index contributed by atoms with van der Waals surface area (Å²) >= 11 is 0. The Bertz CT molecular complexity index is 281. The molecular weight excluding hydrogens is 143 g/mol. The minimum absolute atomic E-state index is 0.280. The molecule has 0 saturated heterocycles. The van der Waals surface area contributed by atoms with Crippen LogP contribution in [0.3, 0.4) is 0 Å². The van der Waals surface area contributed by atoms with Gasteiger partial charge in [-0.3, -0.25) is 0 Å². The highest BCUT2D eigenvalue weighted by Gasteiger charge is 1.96. The fourth-order valence-electron chi connectivity index (χ4n) is 0.798. The van der Waals surface area contributed by atoms with Crippen LogP contribution in [0.5, 0.6) is 0 Å². The Balaban J connectivity index is 3.12. The zero-order chi connectivity index (χ0) is 8.27. The van der Waals surface area contributed by atoms with Gasteiger partial charge in [0, 0.05) is 13.1 Å². The number of benzene rings is 1. The second-order valence-electron chi connectivity index (χ2n) is 2.23. The van der Waals surface area contributed by atoms with Crippen LogP contribution in [-0.2, 0) is 0 Å². The quantitative estimate of drug-likeness (QED) is 0.553. The third kappa shape index (κ3) is 1.83. The van der Waals surface area contributed by atoms with E-state index in [4.69, 9.17) is 0 Å². The van der Waals surface area contributed by atoms with E-state index in [-0.39, 0.29) is 5.82 Å². The van der Waals surface area contributed by atoms with Gasteiger partial charge < -0.3 is 0 Å². The van der Waals surface area contributed by atoms with Gasteiger partial charge in [-0.25, -0.2) is 4.39 Å². The van der Waals surface area contributed by atoms with E-state index < -0.39 is 0 Å². The molecule has 0 bridgehead atoms. The number of aryl methyl sites for hydroxylation is 1. The Kier molecular flexibility index (Phi) is 2.31. The molecule has 0 aliphatic rings. The lowest BCUT2D eigenvalue weighted by Gasteiger charge is -1.96. The molecular formula is C8H9FN2. The number of hydrogen-bond donors (Lipinski definition) is 0. The maximum absolute atomic E-state index is 12.6. The maximum Gasteiger partial charge on any atom is 0.125 e. The molecule has 0 spiro atoms. The highest BCUT2D eigenvalue weighted by atomic mass is 19.1. The summed E-state index contributed by atoms with van der Waals surface area (Å²) in [5.41, 5.74) is 1.52. The number of halogens is 1. The first-order valence-corrected chi connectivity index (χ1v) is 3.30. The molecule has 58 valence electrons. The van der Waals surface area contributed by atoms with E-state index in [1.807, 2.05) is 6.92 Å². The summed E-state index contributed by atoms with van der Waals surface area (Å²) in [7, 11) is 1.56. The molecule has 0 radical (unpaired) electrons. The van der Waals surface area contributed by atoms with Gasteiger partial charge in [0.25, 0.3) is 0 Å². The van der Waals surface area contributed by atoms with E-state index in [1.54, 1.807) is 13.1 Å². The van der Waals surface area contributed by atoms with Crippen LogP contribution in [0.4, 0.5) is 10.1 Å². The third-order valence-electron chi connectivity index (χ3n) is 1.38. The highest BCUT2D eigenvalue weighted by Crippen LogP contribution is 2.19. The van der Waals surface area contributed by atoms with E-state index in [2.05, 4.69) is 10.2 Å². The second kappa shape index (κ2) is 3.23. The topological polar surface area (TPSA) is 24.7 Å². The predicted molar refractivity (Wildman–Crippen MR) is 41.6 cm³/mol. The molecule has 0 aliphatic heterocycles. The van der Waals surface area contributed by atoms with Gasteiger partial charge >= 0.3 is 0 Å². The smallest absolute Gasteiger partial charge is 0.125 e. The van der Waals surface area contributed by atoms with Crippen molar-refractivity contribution in [3.05, 3.63) is 29.6 Å². The van der Waals surface area contributed by atoms with Crippen molar-refractivity contribution in [2.24, 2.45) is 10.2 Å². The van der Waals surface area contributed by atoms with Crippen LogP contribution < -0.4 is 0 Å². The van der Waals surface area contributed by atoms with Gasteiger partial charge in [0.05, 0.1) is 5.69 Å². The summed E-state index contributed by atoms with van der Waals surface area (Å²) < 4.78 is 12.6. The molecule has 0 saturated carbocycles. The normalized spacial score (nSPS) is 10.8. The van der Waals surface area contributed by atoms with Crippen molar-refractivity contribution in [3.8, 4) is 0 Å². The Morgan fingerprint density at radius 3 is 2.73 bits per heavy atom. The van der Waals surface area contributed by atoms with Crippen LogP contribution in [0.15, 0.2) is 28.4 Å². The summed E-state index contributed by atoms with van der Waals surface area (Å²) in [4.78, 5) is 0. The molecule has 0 unspecified atom stereocenters. The molecule has 3 heteroatoms. The van der Waals surface area contributed by atoms with Crippen molar-refractivity contribution in [1.82, 2.24) is 0 Å². The summed E-state index contributed by atoms with van der Waals surface area (Å²) in [6, 6.07) is 4.45. The van der Waals surface area contributed by atoms with Gasteiger partial charge in [-0.15, -0.1) is 0 Å². The molecule has 0 heterocycles. The zero-order valence-corrected chi connectivity index (χ0v) is 6.50. The molecule has 0 aromatic heterocycles. The number of rotatable bonds is 1. The predicted octanol–water partition coefficient (Wildman–Crippen LogP) is 2.85. The Morgan fingerprint density at radius 2 is 2.09 bits per heavy atom. The molecule has 1 aromatic rings. The van der Waals surface area contributed by atoms with Crippen LogP contribution in [0.25, 0.3) is 0 Å². The van der Waals surface area contributed by atoms with E-state index >= 15 is 0 Å². The average Bonchev–Trinajstić information content (AvgIpc) is 1.98. The molecule has 0 N–H and O–H groups in total. The van der Waals surface area contributed by atoms with Crippen molar-refractivity contribution in [2.45, 2.75) is 6.92 Å². The zero-order valence-electron chi connectivity index (χ0n) is 6.50. The summed E-state index contributed by atoms with van der Waals surface area (Å²) in [6.45, 7) is 1.86. The Morgan fingerprint density at radius 1 is 1.36 bits per heavy atom. The lowest BCUT2D eigenvalue weighted by Crippen LogP contribution is -1.76. The van der Waals surface area contributed by atoms with Crippen molar-refractivity contribution in [3.63, 3.8) is 0 Å². The molecule has 11 heavy (non-hydrogen) atoms. The van der Waals surface area contributed by atoms with Crippen molar-refractivity contribution < 1.29 is 4.39 Å². The standard InChI is InChI=1S/C8H9FN2/c1-6-3-4-7(9)5-8(6)11-10-2/h3-5H,1-2H3. The summed E-state index contributed by atoms with van der Waals surface area (Å²) in [6.07, 6.45) is 0. The Hall–Kier alpha value is -1.25. The molecule has 0 fully saturated rings. The lowest BCUT2D eigenvalue weighted by atomic mass is 10.2. The fraction of sp³-hybridized carbons (Fsp3) is 0.250. The van der Waals surface area contributed by atoms with E-state index in [1.165, 1.54) is 12.1 Å². The largest absolute Gasteiger partial charge is 0.207 e. The fourth-order valence-corrected chi connectivity index (χ4v) is 0.798. The third-order valence-corrected chi connectivity index (χ3v) is 1.38. The minimum Gasteiger partial charge on any atom is -0.207 e. The van der Waals surface area contributed by atoms with Gasteiger partial charge in [-0.2, -0.15) is 10.2 Å². The van der Waals surface area contributed by atoms with Crippen molar-refractivity contribution in [1.29, 1.82) is 0 Å². The van der Waals surface area contributed by atoms with E-state index in [0.717, 1.165) is 5.56 Å². The maximum atomic E-state index is 12.6. The first kappa shape index (κ1) is 7.85. The summed E-state index contributed by atoms with van der Waals surface area (Å²) in [5.74, 6) is -0.280. The Labute approximate surface area is 64.8 Å². The van der Waals surface area contributed by atoms with Crippen LogP contribution in [0.2, 0.25) is 0 Å². The van der Waals surface area contributed by atoms with Crippen LogP contribution in [-0.4, -0.2) is 7.05 Å². The van der Waals surface area contributed by atoms with Crippen LogP contribution >= 0.6 is 0 Å². The minimum atomic E-state index is -0.280. The van der Waals surface area contributed by atoms with Crippen LogP contribution in [0.1, 0.15) is 5.56 Å². The lowest BCUT2D eigenvalue weighted by molar-refractivity contribution is 0.627. The summed E-state index contributed by atoms with van der Waals surface area (Å²) in [5, 5.41) is 7.32. The van der Waals surface area contributed by atoms with Gasteiger partial charge in [0.2, 0.25) is 0 Å². The average molecular weight is 152 g/mol. The number of hydrogen-bond acceptors (Lipinski definition) is 2. The van der Waals surface area contributed by atoms with Crippen LogP contribution in [0, 0.1) is 12.7 Å². The van der Waals surface area contributed by atoms with Crippen molar-refractivity contribution >= 4 is 5.69 Å². The number of nitrogens with zero attached hydrogens (tertiary/aromatic N) is 2. The first-order chi connectivity index (χ1) is 5.24. The monoisotopic (exact) mass is 152 g/mol. The van der Waals surface area contributed by atoms with E-state index in [9.17, 15) is 4.39 Å². The van der Waals surface area contributed by atoms with Gasteiger partial charge in [0.15, 0.2) is 0 Å². The molecule has 1 rings (SSSR count). The van der Waals surface area contributed by atoms with Crippen molar-refractivity contribution in [2.75, 3.05) is 7.05 Å². The molecule has 0 aliphatic carbocycles. The second-order valence-corrected chi connectivity index (χ2v) is 2.23. The molecule has 2 nitrogen and oxygen atoms in total. The van der Waals surface area contributed by atoms with E-state index in [0.29, 0.717) is 5.69 Å². The molecule has 0 atom stereocenters. The van der Waals surface area contributed by atoms with Gasteiger partial charge in [0.1, 0.15) is 5.82 Å². The number of azo groups is 1. The van der Waals surface area contributed by atoms with Gasteiger partial charge in [-0.05, 0) is 18.6 Å².